The smallest absolute Gasteiger partial charge is 0.209 e. The van der Waals surface area contributed by atoms with E-state index in [0.29, 0.717) is 35.8 Å². The molecule has 4 heteroatoms. The molecule has 0 saturated heterocycles. The maximum atomic E-state index is 12.2. The third-order valence-electron chi connectivity index (χ3n) is 3.26. The van der Waals surface area contributed by atoms with Crippen molar-refractivity contribution in [3.05, 3.63) is 47.2 Å². The monoisotopic (exact) mass is 258 g/mol. The maximum Gasteiger partial charge on any atom is 0.209 e. The third-order valence-corrected chi connectivity index (χ3v) is 3.26. The molecule has 0 aliphatic heterocycles. The number of allylic oxidation sites excluding steroid dienone is 2. The van der Waals surface area contributed by atoms with Crippen molar-refractivity contribution in [1.82, 2.24) is 5.32 Å². The highest BCUT2D eigenvalue weighted by atomic mass is 16.1. The molecule has 1 aromatic rings. The quantitative estimate of drug-likeness (QED) is 0.840. The van der Waals surface area contributed by atoms with E-state index in [4.69, 9.17) is 5.73 Å². The van der Waals surface area contributed by atoms with Gasteiger partial charge in [0.2, 0.25) is 5.78 Å². The summed E-state index contributed by atoms with van der Waals surface area (Å²) in [6.07, 6.45) is 2.28. The first-order valence-electron chi connectivity index (χ1n) is 6.47. The van der Waals surface area contributed by atoms with Crippen LogP contribution in [0.4, 0.5) is 0 Å². The molecule has 0 heterocycles. The summed E-state index contributed by atoms with van der Waals surface area (Å²) in [7, 11) is 0. The minimum absolute atomic E-state index is 0.116. The standard InChI is InChI=1S/C15H18N2O2/c1-10(6-7-16)9-17-13-8-14(18)11-4-2-3-5-12(11)15(13)19/h2-5,8,10,17H,6-7,9,16H2,1H3. The van der Waals surface area contributed by atoms with Crippen LogP contribution in [0.2, 0.25) is 0 Å². The second kappa shape index (κ2) is 5.80. The van der Waals surface area contributed by atoms with Crippen LogP contribution in [-0.4, -0.2) is 24.7 Å². The number of fused-ring (bicyclic) bond motifs is 1. The average molecular weight is 258 g/mol. The predicted octanol–water partition coefficient (Wildman–Crippen LogP) is 1.52. The molecule has 0 amide bonds. The molecular weight excluding hydrogens is 240 g/mol. The highest BCUT2D eigenvalue weighted by Gasteiger charge is 2.24. The zero-order chi connectivity index (χ0) is 13.8. The molecule has 1 aliphatic rings. The van der Waals surface area contributed by atoms with Crippen LogP contribution in [0.25, 0.3) is 0 Å². The van der Waals surface area contributed by atoms with E-state index in [1.54, 1.807) is 24.3 Å². The van der Waals surface area contributed by atoms with Crippen molar-refractivity contribution in [3.8, 4) is 0 Å². The molecule has 100 valence electrons. The van der Waals surface area contributed by atoms with E-state index in [0.717, 1.165) is 6.42 Å². The van der Waals surface area contributed by atoms with Crippen molar-refractivity contribution in [2.45, 2.75) is 13.3 Å². The highest BCUT2D eigenvalue weighted by Crippen LogP contribution is 2.19. The third kappa shape index (κ3) is 2.90. The number of hydrogen-bond donors (Lipinski definition) is 2. The Morgan fingerprint density at radius 2 is 1.89 bits per heavy atom. The number of carbonyl (C=O) groups is 2. The van der Waals surface area contributed by atoms with Crippen LogP contribution in [0.3, 0.4) is 0 Å². The fourth-order valence-electron chi connectivity index (χ4n) is 2.12. The number of ketones is 2. The van der Waals surface area contributed by atoms with Crippen LogP contribution in [0.1, 0.15) is 34.1 Å². The lowest BCUT2D eigenvalue weighted by molar-refractivity contribution is 0.0977. The number of carbonyl (C=O) groups excluding carboxylic acids is 2. The number of benzene rings is 1. The molecule has 2 rings (SSSR count). The lowest BCUT2D eigenvalue weighted by Crippen LogP contribution is -2.30. The van der Waals surface area contributed by atoms with Gasteiger partial charge in [0, 0.05) is 23.7 Å². The van der Waals surface area contributed by atoms with E-state index >= 15 is 0 Å². The molecule has 0 radical (unpaired) electrons. The molecule has 0 spiro atoms. The van der Waals surface area contributed by atoms with E-state index in [9.17, 15) is 9.59 Å². The zero-order valence-corrected chi connectivity index (χ0v) is 11.0. The Morgan fingerprint density at radius 1 is 1.21 bits per heavy atom. The van der Waals surface area contributed by atoms with E-state index in [1.165, 1.54) is 6.08 Å². The van der Waals surface area contributed by atoms with Gasteiger partial charge in [0.15, 0.2) is 5.78 Å². The molecular formula is C15H18N2O2. The molecule has 1 aromatic carbocycles. The SMILES string of the molecule is CC(CCN)CNC1=CC(=O)c2ccccc2C1=O. The zero-order valence-electron chi connectivity index (χ0n) is 11.0. The lowest BCUT2D eigenvalue weighted by Gasteiger charge is -2.18. The number of rotatable bonds is 5. The minimum atomic E-state index is -0.121. The Balaban J connectivity index is 2.12. The number of nitrogens with one attached hydrogen (secondary N) is 1. The van der Waals surface area contributed by atoms with Gasteiger partial charge in [0.1, 0.15) is 0 Å². The van der Waals surface area contributed by atoms with Gasteiger partial charge in [0.25, 0.3) is 0 Å². The first-order valence-corrected chi connectivity index (χ1v) is 6.47. The van der Waals surface area contributed by atoms with Crippen LogP contribution in [-0.2, 0) is 0 Å². The van der Waals surface area contributed by atoms with Crippen LogP contribution in [0, 0.1) is 5.92 Å². The largest absolute Gasteiger partial charge is 0.381 e. The average Bonchev–Trinajstić information content (AvgIpc) is 2.42. The van der Waals surface area contributed by atoms with Crippen LogP contribution >= 0.6 is 0 Å². The van der Waals surface area contributed by atoms with Gasteiger partial charge < -0.3 is 11.1 Å². The van der Waals surface area contributed by atoms with Gasteiger partial charge in [-0.25, -0.2) is 0 Å². The van der Waals surface area contributed by atoms with E-state index in [-0.39, 0.29) is 11.6 Å². The van der Waals surface area contributed by atoms with Crippen molar-refractivity contribution in [3.63, 3.8) is 0 Å². The lowest BCUT2D eigenvalue weighted by atomic mass is 9.92. The summed E-state index contributed by atoms with van der Waals surface area (Å²) in [5.41, 5.74) is 6.82. The molecule has 19 heavy (non-hydrogen) atoms. The highest BCUT2D eigenvalue weighted by molar-refractivity contribution is 6.24. The van der Waals surface area contributed by atoms with E-state index in [1.807, 2.05) is 0 Å². The van der Waals surface area contributed by atoms with Gasteiger partial charge in [-0.05, 0) is 18.9 Å². The van der Waals surface area contributed by atoms with Crippen molar-refractivity contribution in [2.75, 3.05) is 13.1 Å². The van der Waals surface area contributed by atoms with E-state index < -0.39 is 0 Å². The Hall–Kier alpha value is -1.94. The molecule has 4 nitrogen and oxygen atoms in total. The van der Waals surface area contributed by atoms with Crippen LogP contribution in [0.5, 0.6) is 0 Å². The summed E-state index contributed by atoms with van der Waals surface area (Å²) in [5.74, 6) is 0.130. The Kier molecular flexibility index (Phi) is 4.12. The summed E-state index contributed by atoms with van der Waals surface area (Å²) in [5, 5.41) is 3.06. The van der Waals surface area contributed by atoms with Crippen molar-refractivity contribution in [1.29, 1.82) is 0 Å². The van der Waals surface area contributed by atoms with Gasteiger partial charge in [-0.2, -0.15) is 0 Å². The fourth-order valence-corrected chi connectivity index (χ4v) is 2.12. The first kappa shape index (κ1) is 13.5. The Labute approximate surface area is 112 Å². The molecule has 1 unspecified atom stereocenters. The predicted molar refractivity (Wildman–Crippen MR) is 74.0 cm³/mol. The molecule has 1 atom stereocenters. The van der Waals surface area contributed by atoms with Crippen LogP contribution in [0.15, 0.2) is 36.0 Å². The normalized spacial score (nSPS) is 15.8. The molecule has 0 bridgehead atoms. The molecule has 0 fully saturated rings. The second-order valence-electron chi connectivity index (χ2n) is 4.86. The van der Waals surface area contributed by atoms with Gasteiger partial charge in [-0.3, -0.25) is 9.59 Å². The maximum absolute atomic E-state index is 12.2. The molecule has 1 aliphatic carbocycles. The first-order chi connectivity index (χ1) is 9.13. The second-order valence-corrected chi connectivity index (χ2v) is 4.86. The van der Waals surface area contributed by atoms with Gasteiger partial charge >= 0.3 is 0 Å². The molecule has 0 saturated carbocycles. The van der Waals surface area contributed by atoms with Crippen LogP contribution < -0.4 is 11.1 Å². The number of Topliss-reactive ketones (excluding diaryl/α,β-unsaturated/α-hetero) is 1. The molecule has 0 aromatic heterocycles. The van der Waals surface area contributed by atoms with Crippen molar-refractivity contribution < 1.29 is 9.59 Å². The topological polar surface area (TPSA) is 72.2 Å². The van der Waals surface area contributed by atoms with Crippen molar-refractivity contribution >= 4 is 11.6 Å². The fraction of sp³-hybridized carbons (Fsp3) is 0.333. The van der Waals surface area contributed by atoms with Crippen molar-refractivity contribution in [2.24, 2.45) is 11.7 Å². The van der Waals surface area contributed by atoms with E-state index in [2.05, 4.69) is 12.2 Å². The van der Waals surface area contributed by atoms with Gasteiger partial charge in [-0.1, -0.05) is 31.2 Å². The Bertz CT molecular complexity index is 535. The number of hydrogen-bond acceptors (Lipinski definition) is 4. The Morgan fingerprint density at radius 3 is 2.58 bits per heavy atom. The summed E-state index contributed by atoms with van der Waals surface area (Å²) < 4.78 is 0. The summed E-state index contributed by atoms with van der Waals surface area (Å²) in [6.45, 7) is 3.32. The summed E-state index contributed by atoms with van der Waals surface area (Å²) in [4.78, 5) is 24.1. The minimum Gasteiger partial charge on any atom is -0.381 e. The van der Waals surface area contributed by atoms with Gasteiger partial charge in [-0.15, -0.1) is 0 Å². The summed E-state index contributed by atoms with van der Waals surface area (Å²) in [6, 6.07) is 6.90. The molecule has 3 N–H and O–H groups in total. The summed E-state index contributed by atoms with van der Waals surface area (Å²) >= 11 is 0. The van der Waals surface area contributed by atoms with Gasteiger partial charge in [0.05, 0.1) is 5.70 Å². The number of nitrogens with two attached hydrogens (primary N) is 1.